The number of nitrogens with zero attached hydrogens (tertiary/aromatic N) is 1. The summed E-state index contributed by atoms with van der Waals surface area (Å²) in [6.45, 7) is 14.6. The molecule has 1 atom stereocenters. The molecule has 0 saturated carbocycles. The van der Waals surface area contributed by atoms with Gasteiger partial charge in [-0.25, -0.2) is 0 Å². The highest BCUT2D eigenvalue weighted by atomic mass is 15.2. The Balaban J connectivity index is 2.46. The van der Waals surface area contributed by atoms with Crippen molar-refractivity contribution in [2.45, 2.75) is 83.7 Å². The number of piperidine rings is 1. The zero-order valence-electron chi connectivity index (χ0n) is 14.1. The molecule has 1 unspecified atom stereocenters. The quantitative estimate of drug-likeness (QED) is 0.472. The zero-order valence-corrected chi connectivity index (χ0v) is 14.1. The van der Waals surface area contributed by atoms with E-state index in [4.69, 9.17) is 0 Å². The number of allylic oxidation sites excluding steroid dienone is 1. The number of rotatable bonds is 10. The number of nitrogens with one attached hydrogen (secondary N) is 1. The minimum Gasteiger partial charge on any atom is -0.312 e. The molecule has 1 heterocycles. The van der Waals surface area contributed by atoms with Crippen molar-refractivity contribution in [3.05, 3.63) is 12.7 Å². The van der Waals surface area contributed by atoms with E-state index in [1.54, 1.807) is 0 Å². The summed E-state index contributed by atoms with van der Waals surface area (Å²) in [6, 6.07) is 0.620. The van der Waals surface area contributed by atoms with Gasteiger partial charge in [0.05, 0.1) is 0 Å². The number of unbranched alkanes of at least 4 members (excludes halogenated alkanes) is 3. The maximum Gasteiger partial charge on any atom is 0.0306 e. The molecule has 1 saturated heterocycles. The van der Waals surface area contributed by atoms with Gasteiger partial charge in [-0.2, -0.15) is 0 Å². The molecule has 0 bridgehead atoms. The van der Waals surface area contributed by atoms with Crippen LogP contribution >= 0.6 is 0 Å². The topological polar surface area (TPSA) is 15.3 Å². The van der Waals surface area contributed by atoms with Gasteiger partial charge < -0.3 is 5.32 Å². The number of likely N-dealkylation sites (tertiary alicyclic amines) is 1. The minimum absolute atomic E-state index is 0.287. The average molecular weight is 280 g/mol. The van der Waals surface area contributed by atoms with Crippen molar-refractivity contribution >= 4 is 0 Å². The summed E-state index contributed by atoms with van der Waals surface area (Å²) < 4.78 is 0. The van der Waals surface area contributed by atoms with Gasteiger partial charge in [0.2, 0.25) is 0 Å². The van der Waals surface area contributed by atoms with E-state index in [1.165, 1.54) is 64.5 Å². The van der Waals surface area contributed by atoms with E-state index in [9.17, 15) is 0 Å². The smallest absolute Gasteiger partial charge is 0.0306 e. The standard InChI is InChI=1S/C18H36N2/c1-5-7-8-9-11-14-17(19-6-2)18(3,4)20-15-12-10-13-16-20/h5,17,19H,1,6-16H2,2-4H3. The first kappa shape index (κ1) is 17.7. The lowest BCUT2D eigenvalue weighted by atomic mass is 9.86. The lowest BCUT2D eigenvalue weighted by Gasteiger charge is -2.46. The van der Waals surface area contributed by atoms with E-state index < -0.39 is 0 Å². The summed E-state index contributed by atoms with van der Waals surface area (Å²) in [4.78, 5) is 2.72. The van der Waals surface area contributed by atoms with Crippen molar-refractivity contribution in [3.8, 4) is 0 Å². The molecule has 0 aromatic heterocycles. The minimum atomic E-state index is 0.287. The molecule has 1 aliphatic heterocycles. The van der Waals surface area contributed by atoms with Crippen molar-refractivity contribution < 1.29 is 0 Å². The molecular weight excluding hydrogens is 244 g/mol. The van der Waals surface area contributed by atoms with E-state index >= 15 is 0 Å². The van der Waals surface area contributed by atoms with E-state index in [1.807, 2.05) is 6.08 Å². The Morgan fingerprint density at radius 3 is 2.45 bits per heavy atom. The van der Waals surface area contributed by atoms with Crippen LogP contribution in [0, 0.1) is 0 Å². The van der Waals surface area contributed by atoms with Crippen LogP contribution in [-0.4, -0.2) is 36.1 Å². The predicted molar refractivity (Wildman–Crippen MR) is 90.2 cm³/mol. The van der Waals surface area contributed by atoms with E-state index in [0.29, 0.717) is 6.04 Å². The molecule has 2 heteroatoms. The van der Waals surface area contributed by atoms with Crippen LogP contribution in [0.4, 0.5) is 0 Å². The van der Waals surface area contributed by atoms with Crippen LogP contribution in [0.15, 0.2) is 12.7 Å². The second kappa shape index (κ2) is 9.57. The Labute approximate surface area is 127 Å². The molecule has 0 spiro atoms. The van der Waals surface area contributed by atoms with Crippen LogP contribution in [0.2, 0.25) is 0 Å². The highest BCUT2D eigenvalue weighted by molar-refractivity contribution is 4.94. The summed E-state index contributed by atoms with van der Waals surface area (Å²) in [7, 11) is 0. The van der Waals surface area contributed by atoms with E-state index in [0.717, 1.165) is 6.54 Å². The summed E-state index contributed by atoms with van der Waals surface area (Å²) in [5, 5.41) is 3.75. The summed E-state index contributed by atoms with van der Waals surface area (Å²) in [6.07, 6.45) is 12.7. The largest absolute Gasteiger partial charge is 0.312 e. The molecule has 0 amide bonds. The summed E-state index contributed by atoms with van der Waals surface area (Å²) >= 11 is 0. The number of hydrogen-bond donors (Lipinski definition) is 1. The van der Waals surface area contributed by atoms with Crippen molar-refractivity contribution in [2.24, 2.45) is 0 Å². The first-order valence-corrected chi connectivity index (χ1v) is 8.72. The Bertz CT molecular complexity index is 254. The third-order valence-electron chi connectivity index (χ3n) is 4.88. The molecular formula is C18H36N2. The first-order valence-electron chi connectivity index (χ1n) is 8.72. The van der Waals surface area contributed by atoms with Crippen LogP contribution in [0.1, 0.15) is 72.1 Å². The highest BCUT2D eigenvalue weighted by Gasteiger charge is 2.34. The first-order chi connectivity index (χ1) is 9.62. The van der Waals surface area contributed by atoms with Gasteiger partial charge >= 0.3 is 0 Å². The van der Waals surface area contributed by atoms with Crippen LogP contribution < -0.4 is 5.32 Å². The van der Waals surface area contributed by atoms with Crippen molar-refractivity contribution in [3.63, 3.8) is 0 Å². The Kier molecular flexibility index (Phi) is 8.47. The van der Waals surface area contributed by atoms with Gasteiger partial charge in [0.15, 0.2) is 0 Å². The molecule has 20 heavy (non-hydrogen) atoms. The Morgan fingerprint density at radius 2 is 1.85 bits per heavy atom. The maximum absolute atomic E-state index is 3.80. The van der Waals surface area contributed by atoms with E-state index in [-0.39, 0.29) is 5.54 Å². The molecule has 2 nitrogen and oxygen atoms in total. The fraction of sp³-hybridized carbons (Fsp3) is 0.889. The summed E-state index contributed by atoms with van der Waals surface area (Å²) in [5.74, 6) is 0. The molecule has 1 N–H and O–H groups in total. The molecule has 0 aliphatic carbocycles. The molecule has 1 fully saturated rings. The monoisotopic (exact) mass is 280 g/mol. The highest BCUT2D eigenvalue weighted by Crippen LogP contribution is 2.26. The van der Waals surface area contributed by atoms with Crippen LogP contribution in [0.5, 0.6) is 0 Å². The normalized spacial score (nSPS) is 18.9. The fourth-order valence-electron chi connectivity index (χ4n) is 3.46. The van der Waals surface area contributed by atoms with Gasteiger partial charge in [-0.05, 0) is 65.6 Å². The van der Waals surface area contributed by atoms with Crippen molar-refractivity contribution in [1.82, 2.24) is 10.2 Å². The molecule has 0 aromatic carbocycles. The van der Waals surface area contributed by atoms with Gasteiger partial charge in [0, 0.05) is 11.6 Å². The lowest BCUT2D eigenvalue weighted by molar-refractivity contribution is 0.0579. The SMILES string of the molecule is C=CCCCCCC(NCC)C(C)(C)N1CCCCC1. The van der Waals surface area contributed by atoms with Crippen molar-refractivity contribution in [1.29, 1.82) is 0 Å². The Morgan fingerprint density at radius 1 is 1.15 bits per heavy atom. The van der Waals surface area contributed by atoms with Gasteiger partial charge in [0.1, 0.15) is 0 Å². The van der Waals surface area contributed by atoms with Crippen molar-refractivity contribution in [2.75, 3.05) is 19.6 Å². The molecule has 1 rings (SSSR count). The van der Waals surface area contributed by atoms with Gasteiger partial charge in [0.25, 0.3) is 0 Å². The van der Waals surface area contributed by atoms with Gasteiger partial charge in [-0.15, -0.1) is 6.58 Å². The third kappa shape index (κ3) is 5.57. The van der Waals surface area contributed by atoms with E-state index in [2.05, 4.69) is 37.6 Å². The van der Waals surface area contributed by atoms with Crippen LogP contribution in [0.3, 0.4) is 0 Å². The fourth-order valence-corrected chi connectivity index (χ4v) is 3.46. The van der Waals surface area contributed by atoms with Crippen LogP contribution in [0.25, 0.3) is 0 Å². The second-order valence-corrected chi connectivity index (χ2v) is 6.74. The number of hydrogen-bond acceptors (Lipinski definition) is 2. The second-order valence-electron chi connectivity index (χ2n) is 6.74. The van der Waals surface area contributed by atoms with Crippen LogP contribution in [-0.2, 0) is 0 Å². The molecule has 0 aromatic rings. The number of likely N-dealkylation sites (N-methyl/N-ethyl adjacent to an activating group) is 1. The zero-order chi connectivity index (χ0) is 14.8. The summed E-state index contributed by atoms with van der Waals surface area (Å²) in [5.41, 5.74) is 0.287. The average Bonchev–Trinajstić information content (AvgIpc) is 2.46. The Hall–Kier alpha value is -0.340. The molecule has 118 valence electrons. The predicted octanol–water partition coefficient (Wildman–Crippen LogP) is 4.37. The molecule has 1 aliphatic rings. The van der Waals surface area contributed by atoms with Gasteiger partial charge in [-0.3, -0.25) is 4.90 Å². The lowest BCUT2D eigenvalue weighted by Crippen LogP contribution is -2.58. The molecule has 0 radical (unpaired) electrons. The van der Waals surface area contributed by atoms with Gasteiger partial charge in [-0.1, -0.05) is 32.3 Å². The maximum atomic E-state index is 3.80. The third-order valence-corrected chi connectivity index (χ3v) is 4.88.